The zero-order chi connectivity index (χ0) is 18.4. The van der Waals surface area contributed by atoms with E-state index in [1.807, 2.05) is 24.9 Å². The zero-order valence-corrected chi connectivity index (χ0v) is 16.4. The Bertz CT molecular complexity index is 962. The molecular weight excluding hydrogens is 346 g/mol. The highest BCUT2D eigenvalue weighted by Gasteiger charge is 2.25. The molecule has 0 atom stereocenters. The number of aromatic nitrogens is 3. The van der Waals surface area contributed by atoms with E-state index in [1.54, 1.807) is 16.0 Å². The Labute approximate surface area is 157 Å². The fourth-order valence-corrected chi connectivity index (χ4v) is 4.35. The van der Waals surface area contributed by atoms with Crippen LogP contribution in [0.1, 0.15) is 27.3 Å². The van der Waals surface area contributed by atoms with Crippen LogP contribution in [0.2, 0.25) is 0 Å². The molecular formula is C19H23N5OS. The maximum Gasteiger partial charge on any atom is 0.274 e. The summed E-state index contributed by atoms with van der Waals surface area (Å²) in [5, 5.41) is 5.36. The third-order valence-electron chi connectivity index (χ3n) is 5.24. The molecule has 1 saturated heterocycles. The molecule has 1 aliphatic heterocycles. The van der Waals surface area contributed by atoms with Gasteiger partial charge >= 0.3 is 0 Å². The van der Waals surface area contributed by atoms with Gasteiger partial charge in [0.2, 0.25) is 0 Å². The van der Waals surface area contributed by atoms with Crippen molar-refractivity contribution in [2.24, 2.45) is 7.05 Å². The van der Waals surface area contributed by atoms with Gasteiger partial charge in [-0.25, -0.2) is 4.98 Å². The first-order chi connectivity index (χ1) is 12.4. The number of carbonyl (C=O) groups is 1. The standard InChI is InChI=1S/C19H23N5OS/c1-12-5-6-16-17(14(12)3)20-19(26-16)24-9-7-23(8-10-24)18(25)15-11-13(2)22(4)21-15/h5-6,11H,7-10H2,1-4H3. The summed E-state index contributed by atoms with van der Waals surface area (Å²) in [6.07, 6.45) is 0. The van der Waals surface area contributed by atoms with Gasteiger partial charge in [-0.2, -0.15) is 5.10 Å². The predicted octanol–water partition coefficient (Wildman–Crippen LogP) is 2.92. The molecule has 0 spiro atoms. The number of amides is 1. The van der Waals surface area contributed by atoms with Gasteiger partial charge in [0.15, 0.2) is 10.8 Å². The molecule has 0 bridgehead atoms. The third-order valence-corrected chi connectivity index (χ3v) is 6.33. The number of piperazine rings is 1. The van der Waals surface area contributed by atoms with Crippen molar-refractivity contribution < 1.29 is 4.79 Å². The van der Waals surface area contributed by atoms with E-state index in [1.165, 1.54) is 15.8 Å². The van der Waals surface area contributed by atoms with E-state index in [2.05, 4.69) is 36.0 Å². The summed E-state index contributed by atoms with van der Waals surface area (Å²) in [5.41, 5.74) is 5.16. The smallest absolute Gasteiger partial charge is 0.274 e. The van der Waals surface area contributed by atoms with Crippen molar-refractivity contribution in [1.82, 2.24) is 19.7 Å². The van der Waals surface area contributed by atoms with E-state index in [0.29, 0.717) is 18.8 Å². The number of benzene rings is 1. The topological polar surface area (TPSA) is 54.3 Å². The molecule has 0 saturated carbocycles. The lowest BCUT2D eigenvalue weighted by Gasteiger charge is -2.34. The molecule has 0 aliphatic carbocycles. The third kappa shape index (κ3) is 2.86. The fraction of sp³-hybridized carbons (Fsp3) is 0.421. The van der Waals surface area contributed by atoms with Gasteiger partial charge in [0, 0.05) is 38.9 Å². The van der Waals surface area contributed by atoms with E-state index in [4.69, 9.17) is 4.98 Å². The molecule has 1 aliphatic rings. The number of fused-ring (bicyclic) bond motifs is 1. The molecule has 6 nitrogen and oxygen atoms in total. The van der Waals surface area contributed by atoms with Crippen molar-refractivity contribution in [3.8, 4) is 0 Å². The Kier molecular flexibility index (Phi) is 4.19. The number of rotatable bonds is 2. The normalized spacial score (nSPS) is 15.1. The predicted molar refractivity (Wildman–Crippen MR) is 105 cm³/mol. The monoisotopic (exact) mass is 369 g/mol. The summed E-state index contributed by atoms with van der Waals surface area (Å²) < 4.78 is 2.97. The molecule has 7 heteroatoms. The number of hydrogen-bond acceptors (Lipinski definition) is 5. The lowest BCUT2D eigenvalue weighted by molar-refractivity contribution is 0.0740. The van der Waals surface area contributed by atoms with Crippen molar-refractivity contribution in [3.63, 3.8) is 0 Å². The van der Waals surface area contributed by atoms with Crippen molar-refractivity contribution in [1.29, 1.82) is 0 Å². The highest BCUT2D eigenvalue weighted by Crippen LogP contribution is 2.32. The van der Waals surface area contributed by atoms with Crippen LogP contribution < -0.4 is 4.90 Å². The van der Waals surface area contributed by atoms with Gasteiger partial charge in [-0.3, -0.25) is 9.48 Å². The minimum Gasteiger partial charge on any atom is -0.345 e. The largest absolute Gasteiger partial charge is 0.345 e. The van der Waals surface area contributed by atoms with E-state index in [0.717, 1.165) is 29.4 Å². The van der Waals surface area contributed by atoms with Crippen LogP contribution in [0.15, 0.2) is 18.2 Å². The van der Waals surface area contributed by atoms with Crippen LogP contribution in [0.25, 0.3) is 10.2 Å². The first kappa shape index (κ1) is 17.0. The van der Waals surface area contributed by atoms with Crippen molar-refractivity contribution in [2.75, 3.05) is 31.1 Å². The average Bonchev–Trinajstić information content (AvgIpc) is 3.22. The molecule has 0 unspecified atom stereocenters. The van der Waals surface area contributed by atoms with E-state index in [9.17, 15) is 4.79 Å². The number of aryl methyl sites for hydroxylation is 4. The summed E-state index contributed by atoms with van der Waals surface area (Å²) in [5.74, 6) is 0.0177. The second-order valence-corrected chi connectivity index (χ2v) is 7.93. The highest BCUT2D eigenvalue weighted by atomic mass is 32.1. The molecule has 1 amide bonds. The highest BCUT2D eigenvalue weighted by molar-refractivity contribution is 7.22. The molecule has 1 fully saturated rings. The summed E-state index contributed by atoms with van der Waals surface area (Å²) in [6.45, 7) is 9.21. The molecule has 3 aromatic rings. The Hall–Kier alpha value is -2.41. The minimum absolute atomic E-state index is 0.0177. The summed E-state index contributed by atoms with van der Waals surface area (Å²) in [7, 11) is 1.86. The van der Waals surface area contributed by atoms with Crippen molar-refractivity contribution in [3.05, 3.63) is 40.7 Å². The second-order valence-electron chi connectivity index (χ2n) is 6.92. The van der Waals surface area contributed by atoms with Crippen molar-refractivity contribution in [2.45, 2.75) is 20.8 Å². The molecule has 4 rings (SSSR count). The quantitative estimate of drug-likeness (QED) is 0.697. The van der Waals surface area contributed by atoms with E-state index in [-0.39, 0.29) is 5.91 Å². The SMILES string of the molecule is Cc1ccc2sc(N3CCN(C(=O)c4cc(C)n(C)n4)CC3)nc2c1C. The van der Waals surface area contributed by atoms with Crippen molar-refractivity contribution >= 4 is 32.6 Å². The van der Waals surface area contributed by atoms with Gasteiger partial charge in [-0.05, 0) is 44.0 Å². The summed E-state index contributed by atoms with van der Waals surface area (Å²) in [4.78, 5) is 21.7. The number of anilines is 1. The summed E-state index contributed by atoms with van der Waals surface area (Å²) >= 11 is 1.73. The number of hydrogen-bond donors (Lipinski definition) is 0. The number of nitrogens with zero attached hydrogens (tertiary/aromatic N) is 5. The first-order valence-corrected chi connectivity index (χ1v) is 9.67. The van der Waals surface area contributed by atoms with Crippen LogP contribution in [-0.4, -0.2) is 51.8 Å². The number of thiazole rings is 1. The van der Waals surface area contributed by atoms with Crippen LogP contribution in [0.5, 0.6) is 0 Å². The maximum atomic E-state index is 12.7. The van der Waals surface area contributed by atoms with Gasteiger partial charge in [-0.1, -0.05) is 17.4 Å². The van der Waals surface area contributed by atoms with E-state index < -0.39 is 0 Å². The first-order valence-electron chi connectivity index (χ1n) is 8.85. The Morgan fingerprint density at radius 1 is 1.12 bits per heavy atom. The van der Waals surface area contributed by atoms with Crippen LogP contribution in [0, 0.1) is 20.8 Å². The van der Waals surface area contributed by atoms with Gasteiger partial charge < -0.3 is 9.80 Å². The summed E-state index contributed by atoms with van der Waals surface area (Å²) in [6, 6.07) is 6.17. The van der Waals surface area contributed by atoms with Crippen LogP contribution in [-0.2, 0) is 7.05 Å². The van der Waals surface area contributed by atoms with Gasteiger partial charge in [0.25, 0.3) is 5.91 Å². The molecule has 3 heterocycles. The molecule has 0 N–H and O–H groups in total. The molecule has 1 aromatic carbocycles. The Morgan fingerprint density at radius 3 is 2.50 bits per heavy atom. The molecule has 136 valence electrons. The zero-order valence-electron chi connectivity index (χ0n) is 15.6. The van der Waals surface area contributed by atoms with Crippen LogP contribution in [0.3, 0.4) is 0 Å². The minimum atomic E-state index is 0.0177. The number of carbonyl (C=O) groups excluding carboxylic acids is 1. The fourth-order valence-electron chi connectivity index (χ4n) is 3.28. The lowest BCUT2D eigenvalue weighted by Crippen LogP contribution is -2.48. The molecule has 2 aromatic heterocycles. The Morgan fingerprint density at radius 2 is 1.85 bits per heavy atom. The molecule has 0 radical (unpaired) electrons. The van der Waals surface area contributed by atoms with Crippen LogP contribution in [0.4, 0.5) is 5.13 Å². The maximum absolute atomic E-state index is 12.7. The van der Waals surface area contributed by atoms with Gasteiger partial charge in [0.05, 0.1) is 10.2 Å². The molecule has 26 heavy (non-hydrogen) atoms. The Balaban J connectivity index is 1.48. The second kappa shape index (κ2) is 6.39. The lowest BCUT2D eigenvalue weighted by atomic mass is 10.1. The average molecular weight is 369 g/mol. The van der Waals surface area contributed by atoms with Gasteiger partial charge in [0.1, 0.15) is 0 Å². The van der Waals surface area contributed by atoms with E-state index >= 15 is 0 Å². The van der Waals surface area contributed by atoms with Crippen LogP contribution >= 0.6 is 11.3 Å². The van der Waals surface area contributed by atoms with Gasteiger partial charge in [-0.15, -0.1) is 0 Å².